The van der Waals surface area contributed by atoms with E-state index >= 15 is 0 Å². The Labute approximate surface area is 126 Å². The molecule has 0 radical (unpaired) electrons. The van der Waals surface area contributed by atoms with E-state index in [4.69, 9.17) is 15.2 Å². The molecule has 2 N–H and O–H groups in total. The van der Waals surface area contributed by atoms with Gasteiger partial charge in [0.25, 0.3) is 0 Å². The van der Waals surface area contributed by atoms with Gasteiger partial charge >= 0.3 is 0 Å². The van der Waals surface area contributed by atoms with E-state index in [-0.39, 0.29) is 12.4 Å². The normalized spacial score (nSPS) is 9.70. The summed E-state index contributed by atoms with van der Waals surface area (Å²) in [5, 5.41) is 0. The molecule has 0 heterocycles. The average Bonchev–Trinajstić information content (AvgIpc) is 2.47. The van der Waals surface area contributed by atoms with Crippen molar-refractivity contribution in [3.8, 4) is 11.5 Å². The third-order valence-electron chi connectivity index (χ3n) is 2.90. The van der Waals surface area contributed by atoms with Gasteiger partial charge in [0.15, 0.2) is 0 Å². The predicted octanol–water partition coefficient (Wildman–Crippen LogP) is 3.20. The van der Waals surface area contributed by atoms with Crippen molar-refractivity contribution in [1.29, 1.82) is 0 Å². The maximum absolute atomic E-state index is 5.74. The lowest BCUT2D eigenvalue weighted by Gasteiger charge is -2.08. The highest BCUT2D eigenvalue weighted by Gasteiger charge is 1.98. The van der Waals surface area contributed by atoms with E-state index < -0.39 is 0 Å². The van der Waals surface area contributed by atoms with Crippen molar-refractivity contribution in [2.24, 2.45) is 5.73 Å². The van der Waals surface area contributed by atoms with E-state index in [9.17, 15) is 0 Å². The maximum Gasteiger partial charge on any atom is 0.119 e. The van der Waals surface area contributed by atoms with Crippen molar-refractivity contribution in [2.45, 2.75) is 13.0 Å². The Morgan fingerprint density at radius 3 is 2.35 bits per heavy atom. The van der Waals surface area contributed by atoms with Gasteiger partial charge in [-0.25, -0.2) is 0 Å². The maximum atomic E-state index is 5.74. The van der Waals surface area contributed by atoms with Gasteiger partial charge in [-0.3, -0.25) is 0 Å². The summed E-state index contributed by atoms with van der Waals surface area (Å²) in [4.78, 5) is 0. The lowest BCUT2D eigenvalue weighted by Crippen LogP contribution is -2.02. The topological polar surface area (TPSA) is 44.5 Å². The van der Waals surface area contributed by atoms with Gasteiger partial charge < -0.3 is 15.2 Å². The molecule has 20 heavy (non-hydrogen) atoms. The van der Waals surface area contributed by atoms with Crippen molar-refractivity contribution in [2.75, 3.05) is 13.7 Å². The van der Waals surface area contributed by atoms with Crippen LogP contribution in [0, 0.1) is 0 Å². The van der Waals surface area contributed by atoms with Crippen molar-refractivity contribution in [1.82, 2.24) is 0 Å². The number of hydrogen-bond acceptors (Lipinski definition) is 3. The Bertz CT molecular complexity index is 514. The van der Waals surface area contributed by atoms with Crippen LogP contribution in [0.15, 0.2) is 48.5 Å². The standard InChI is InChI=1S/C16H19NO2.ClH/c1-18-16-4-2-3-14(11-16)12-19-15-7-5-13(6-8-15)9-10-17;/h2-8,11H,9-10,12,17H2,1H3;1H. The van der Waals surface area contributed by atoms with Crippen LogP contribution in [0.1, 0.15) is 11.1 Å². The van der Waals surface area contributed by atoms with Crippen molar-refractivity contribution >= 4 is 12.4 Å². The number of nitrogens with two attached hydrogens (primary N) is 1. The highest BCUT2D eigenvalue weighted by atomic mass is 35.5. The Kier molecular flexibility index (Phi) is 6.91. The van der Waals surface area contributed by atoms with Crippen LogP contribution >= 0.6 is 12.4 Å². The molecule has 0 aromatic heterocycles. The minimum Gasteiger partial charge on any atom is -0.497 e. The Morgan fingerprint density at radius 2 is 1.70 bits per heavy atom. The zero-order chi connectivity index (χ0) is 13.5. The van der Waals surface area contributed by atoms with Gasteiger partial charge in [0.1, 0.15) is 18.1 Å². The lowest BCUT2D eigenvalue weighted by molar-refractivity contribution is 0.305. The second kappa shape index (κ2) is 8.46. The smallest absolute Gasteiger partial charge is 0.119 e. The number of benzene rings is 2. The molecule has 108 valence electrons. The quantitative estimate of drug-likeness (QED) is 0.889. The van der Waals surface area contributed by atoms with E-state index in [2.05, 4.69) is 0 Å². The fourth-order valence-corrected chi connectivity index (χ4v) is 1.85. The Morgan fingerprint density at radius 1 is 0.950 bits per heavy atom. The SMILES string of the molecule is COc1cccc(COc2ccc(CCN)cc2)c1.Cl. The molecule has 0 fully saturated rings. The largest absolute Gasteiger partial charge is 0.497 e. The first-order valence-electron chi connectivity index (χ1n) is 6.36. The van der Waals surface area contributed by atoms with Crippen molar-refractivity contribution < 1.29 is 9.47 Å². The molecule has 0 saturated heterocycles. The molecule has 2 aromatic rings. The second-order valence-electron chi connectivity index (χ2n) is 4.32. The van der Waals surface area contributed by atoms with Crippen LogP contribution < -0.4 is 15.2 Å². The summed E-state index contributed by atoms with van der Waals surface area (Å²) in [6.45, 7) is 1.21. The summed E-state index contributed by atoms with van der Waals surface area (Å²) in [6.07, 6.45) is 0.899. The lowest BCUT2D eigenvalue weighted by atomic mass is 10.1. The highest BCUT2D eigenvalue weighted by molar-refractivity contribution is 5.85. The molecule has 3 nitrogen and oxygen atoms in total. The first-order chi connectivity index (χ1) is 9.31. The first-order valence-corrected chi connectivity index (χ1v) is 6.36. The minimum absolute atomic E-state index is 0. The molecule has 0 unspecified atom stereocenters. The monoisotopic (exact) mass is 293 g/mol. The minimum atomic E-state index is 0. The fourth-order valence-electron chi connectivity index (χ4n) is 1.85. The Hall–Kier alpha value is -1.71. The van der Waals surface area contributed by atoms with Crippen LogP contribution in [0.3, 0.4) is 0 Å². The third-order valence-corrected chi connectivity index (χ3v) is 2.90. The van der Waals surface area contributed by atoms with E-state index in [0.29, 0.717) is 13.2 Å². The molecule has 0 amide bonds. The molecular formula is C16H20ClNO2. The summed E-state index contributed by atoms with van der Waals surface area (Å²) in [7, 11) is 1.66. The molecule has 0 aliphatic rings. The Balaban J connectivity index is 0.00000200. The number of halogens is 1. The van der Waals surface area contributed by atoms with Crippen molar-refractivity contribution in [3.05, 3.63) is 59.7 Å². The van der Waals surface area contributed by atoms with E-state index in [1.54, 1.807) is 7.11 Å². The van der Waals surface area contributed by atoms with E-state index in [0.717, 1.165) is 23.5 Å². The summed E-state index contributed by atoms with van der Waals surface area (Å²) in [5.74, 6) is 1.71. The van der Waals surface area contributed by atoms with E-state index in [1.165, 1.54) is 5.56 Å². The molecule has 0 saturated carbocycles. The molecular weight excluding hydrogens is 274 g/mol. The molecule has 4 heteroatoms. The van der Waals surface area contributed by atoms with Gasteiger partial charge in [-0.15, -0.1) is 12.4 Å². The van der Waals surface area contributed by atoms with Crippen LogP contribution in [0.5, 0.6) is 11.5 Å². The molecule has 2 rings (SSSR count). The molecule has 0 aliphatic heterocycles. The molecule has 2 aromatic carbocycles. The molecule has 0 spiro atoms. The molecule has 0 aliphatic carbocycles. The van der Waals surface area contributed by atoms with Gasteiger partial charge in [-0.1, -0.05) is 24.3 Å². The summed E-state index contributed by atoms with van der Waals surface area (Å²) < 4.78 is 10.9. The average molecular weight is 294 g/mol. The first kappa shape index (κ1) is 16.3. The van der Waals surface area contributed by atoms with Gasteiger partial charge in [0.2, 0.25) is 0 Å². The van der Waals surface area contributed by atoms with Gasteiger partial charge in [-0.2, -0.15) is 0 Å². The number of rotatable bonds is 6. The number of hydrogen-bond donors (Lipinski definition) is 1. The van der Waals surface area contributed by atoms with Crippen LogP contribution in [0.25, 0.3) is 0 Å². The summed E-state index contributed by atoms with van der Waals surface area (Å²) >= 11 is 0. The van der Waals surface area contributed by atoms with Crippen LogP contribution in [0.2, 0.25) is 0 Å². The summed E-state index contributed by atoms with van der Waals surface area (Å²) in [5.41, 5.74) is 7.84. The zero-order valence-corrected chi connectivity index (χ0v) is 12.4. The molecule has 0 atom stereocenters. The van der Waals surface area contributed by atoms with Gasteiger partial charge in [-0.05, 0) is 48.4 Å². The molecule has 0 bridgehead atoms. The fraction of sp³-hybridized carbons (Fsp3) is 0.250. The van der Waals surface area contributed by atoms with Crippen molar-refractivity contribution in [3.63, 3.8) is 0 Å². The number of ether oxygens (including phenoxy) is 2. The van der Waals surface area contributed by atoms with Gasteiger partial charge in [0.05, 0.1) is 7.11 Å². The zero-order valence-electron chi connectivity index (χ0n) is 11.5. The van der Waals surface area contributed by atoms with E-state index in [1.807, 2.05) is 48.5 Å². The number of methoxy groups -OCH3 is 1. The second-order valence-corrected chi connectivity index (χ2v) is 4.32. The van der Waals surface area contributed by atoms with Gasteiger partial charge in [0, 0.05) is 0 Å². The van der Waals surface area contributed by atoms with Crippen LogP contribution in [-0.4, -0.2) is 13.7 Å². The third kappa shape index (κ3) is 4.76. The predicted molar refractivity (Wildman–Crippen MR) is 83.8 cm³/mol. The van der Waals surface area contributed by atoms with Crippen LogP contribution in [-0.2, 0) is 13.0 Å². The highest BCUT2D eigenvalue weighted by Crippen LogP contribution is 2.17. The van der Waals surface area contributed by atoms with Crippen LogP contribution in [0.4, 0.5) is 0 Å². The summed E-state index contributed by atoms with van der Waals surface area (Å²) in [6, 6.07) is 15.9.